The van der Waals surface area contributed by atoms with E-state index < -0.39 is 22.0 Å². The second-order valence-corrected chi connectivity index (χ2v) is 10.4. The molecule has 17 heteroatoms. The summed E-state index contributed by atoms with van der Waals surface area (Å²) in [5.41, 5.74) is 0. The number of rotatable bonds is 24. The van der Waals surface area contributed by atoms with Crippen molar-refractivity contribution in [2.75, 3.05) is 19.8 Å². The third-order valence-corrected chi connectivity index (χ3v) is 4.97. The van der Waals surface area contributed by atoms with E-state index in [2.05, 4.69) is 70.6 Å². The summed E-state index contributed by atoms with van der Waals surface area (Å²) in [6.07, 6.45) is 12.7. The molecule has 0 amide bonds. The van der Waals surface area contributed by atoms with Crippen molar-refractivity contribution >= 4 is 22.0 Å². The van der Waals surface area contributed by atoms with Crippen LogP contribution >= 0.6 is 0 Å². The molecule has 2 radical (unpaired) electrons. The summed E-state index contributed by atoms with van der Waals surface area (Å²) in [4.78, 5) is 24.7. The molecule has 236 valence electrons. The Balaban J connectivity index is -0.000000154. The van der Waals surface area contributed by atoms with Gasteiger partial charge in [0.2, 0.25) is 0 Å². The van der Waals surface area contributed by atoms with Crippen LogP contribution in [0.2, 0.25) is 0 Å². The van der Waals surface area contributed by atoms with Crippen molar-refractivity contribution in [3.63, 3.8) is 0 Å². The van der Waals surface area contributed by atoms with Gasteiger partial charge in [-0.25, -0.2) is 0 Å². The molecule has 0 heterocycles. The van der Waals surface area contributed by atoms with Gasteiger partial charge in [-0.15, -0.1) is 0 Å². The molecule has 0 aliphatic rings. The predicted octanol–water partition coefficient (Wildman–Crippen LogP) is -0.430. The molecule has 0 saturated carbocycles. The molecule has 0 aliphatic heterocycles. The molecule has 41 heavy (non-hydrogen) atoms. The van der Waals surface area contributed by atoms with Crippen molar-refractivity contribution < 1.29 is 143 Å². The smallest absolute Gasteiger partial charge is 0.868 e. The van der Waals surface area contributed by atoms with Gasteiger partial charge in [0.1, 0.15) is 22.0 Å². The molecular formula is C24H51B3Ce2O12. The van der Waals surface area contributed by atoms with Crippen LogP contribution in [0.3, 0.4) is 0 Å². The zero-order valence-corrected chi connectivity index (χ0v) is 32.2. The summed E-state index contributed by atoms with van der Waals surface area (Å²) in [5.74, 6) is 2.18. The zero-order chi connectivity index (χ0) is 30.3. The number of unbranched alkanes of at least 4 members (excludes halogenated alkanes) is 6. The van der Waals surface area contributed by atoms with E-state index in [0.717, 1.165) is 75.5 Å². The van der Waals surface area contributed by atoms with E-state index in [1.54, 1.807) is 0 Å². The fourth-order valence-electron chi connectivity index (χ4n) is 2.98. The average Bonchev–Trinajstić information content (AvgIpc) is 2.82. The fraction of sp³-hybridized carbons (Fsp3) is 1.00. The Kier molecular flexibility index (Phi) is 54.9. The van der Waals surface area contributed by atoms with Gasteiger partial charge in [0.25, 0.3) is 0 Å². The van der Waals surface area contributed by atoms with Crippen LogP contribution < -0.4 is 30.1 Å². The molecule has 0 fully saturated rings. The number of hydrogen-bond donors (Lipinski definition) is 0. The molecule has 0 rings (SSSR count). The largest absolute Gasteiger partial charge is 3.00 e. The van der Waals surface area contributed by atoms with E-state index in [0.29, 0.717) is 19.8 Å². The molecular weight excluding hydrogens is 793 g/mol. The second kappa shape index (κ2) is 42.5. The Morgan fingerprint density at radius 1 is 0.390 bits per heavy atom. The molecule has 0 atom stereocenters. The van der Waals surface area contributed by atoms with Crippen LogP contribution in [-0.4, -0.2) is 41.8 Å². The van der Waals surface area contributed by atoms with Crippen LogP contribution in [0.4, 0.5) is 0 Å². The van der Waals surface area contributed by atoms with Crippen molar-refractivity contribution in [1.82, 2.24) is 0 Å². The maximum atomic E-state index is 9.80. The summed E-state index contributed by atoms with van der Waals surface area (Å²) in [7, 11) is -6.97. The van der Waals surface area contributed by atoms with Crippen molar-refractivity contribution in [1.29, 1.82) is 0 Å². The Morgan fingerprint density at radius 2 is 0.610 bits per heavy atom. The summed E-state index contributed by atoms with van der Waals surface area (Å²) in [6, 6.07) is 0. The quantitative estimate of drug-likeness (QED) is 0.0528. The fourth-order valence-corrected chi connectivity index (χ4v) is 2.98. The second-order valence-electron chi connectivity index (χ2n) is 10.4. The maximum Gasteiger partial charge on any atom is 3.00 e. The van der Waals surface area contributed by atoms with Gasteiger partial charge in [0.05, 0.1) is 19.8 Å². The van der Waals surface area contributed by atoms with Gasteiger partial charge >= 0.3 is 83.5 Å². The van der Waals surface area contributed by atoms with Gasteiger partial charge in [0.15, 0.2) is 0 Å². The van der Waals surface area contributed by atoms with Crippen molar-refractivity contribution in [3.8, 4) is 0 Å². The van der Waals surface area contributed by atoms with Crippen LogP contribution in [0, 0.1) is 101 Å². The van der Waals surface area contributed by atoms with Crippen LogP contribution in [0.25, 0.3) is 0 Å². The minimum absolute atomic E-state index is 0. The Bertz CT molecular complexity index is 362. The maximum absolute atomic E-state index is 9.80. The molecule has 0 aliphatic carbocycles. The zero-order valence-electron chi connectivity index (χ0n) is 26.0. The van der Waals surface area contributed by atoms with Crippen LogP contribution in [0.5, 0.6) is 0 Å². The van der Waals surface area contributed by atoms with Gasteiger partial charge in [-0.05, 0) is 37.0 Å². The monoisotopic (exact) mass is 844 g/mol. The van der Waals surface area contributed by atoms with Gasteiger partial charge in [0, 0.05) is 0 Å². The number of hydrogen-bond acceptors (Lipinski definition) is 12. The third-order valence-electron chi connectivity index (χ3n) is 4.97. The molecule has 0 spiro atoms. The molecule has 0 aromatic heterocycles. The summed E-state index contributed by atoms with van der Waals surface area (Å²) >= 11 is 0. The summed E-state index contributed by atoms with van der Waals surface area (Å²) in [5, 5.41) is 58.8. The minimum Gasteiger partial charge on any atom is -0.868 e. The first kappa shape index (κ1) is 53.0. The average molecular weight is 844 g/mol. The standard InChI is InChI=1S/3C8H17BO4.2Ce/c3*1-8(2)6-4-3-5-7-12-13-9(10)11;;/h3*8H,3-7H2,1-2H3;;/q3*-2;2*+3. The van der Waals surface area contributed by atoms with E-state index in [4.69, 9.17) is 0 Å². The molecule has 0 aromatic carbocycles. The van der Waals surface area contributed by atoms with E-state index in [1.807, 2.05) is 0 Å². The first-order valence-electron chi connectivity index (χ1n) is 14.2. The Morgan fingerprint density at radius 3 is 0.780 bits per heavy atom. The molecule has 12 nitrogen and oxygen atoms in total. The Hall–Kier alpha value is 2.47. The van der Waals surface area contributed by atoms with Gasteiger partial charge in [-0.3, -0.25) is 14.7 Å². The first-order valence-corrected chi connectivity index (χ1v) is 14.2. The van der Waals surface area contributed by atoms with Crippen LogP contribution in [0.1, 0.15) is 119 Å². The molecule has 0 bridgehead atoms. The first-order chi connectivity index (χ1) is 18.4. The van der Waals surface area contributed by atoms with Crippen molar-refractivity contribution in [2.24, 2.45) is 17.8 Å². The topological polar surface area (TPSA) is 194 Å². The molecule has 0 unspecified atom stereocenters. The normalized spacial score (nSPS) is 10.3. The van der Waals surface area contributed by atoms with E-state index in [1.165, 1.54) is 19.3 Å². The predicted molar refractivity (Wildman–Crippen MR) is 138 cm³/mol. The molecule has 0 saturated heterocycles. The van der Waals surface area contributed by atoms with Crippen LogP contribution in [-0.2, 0) is 29.1 Å². The van der Waals surface area contributed by atoms with Crippen LogP contribution in [0.15, 0.2) is 0 Å². The van der Waals surface area contributed by atoms with Crippen molar-refractivity contribution in [3.05, 3.63) is 0 Å². The Labute approximate surface area is 317 Å². The third kappa shape index (κ3) is 66.0. The van der Waals surface area contributed by atoms with Gasteiger partial charge in [-0.2, -0.15) is 0 Å². The molecule has 0 N–H and O–H groups in total. The summed E-state index contributed by atoms with van der Waals surface area (Å²) in [6.45, 7) is 14.1. The van der Waals surface area contributed by atoms with E-state index in [-0.39, 0.29) is 83.5 Å². The van der Waals surface area contributed by atoms with Crippen molar-refractivity contribution in [2.45, 2.75) is 119 Å². The van der Waals surface area contributed by atoms with E-state index in [9.17, 15) is 30.1 Å². The summed E-state index contributed by atoms with van der Waals surface area (Å²) < 4.78 is 0. The minimum atomic E-state index is -2.32. The SMILES string of the molecule is CC(C)CCCCCOOB([O-])[O-].CC(C)CCCCCOOB([O-])[O-].CC(C)CCCCCOOB([O-])[O-].[Ce+3].[Ce+3]. The molecule has 0 aromatic rings. The van der Waals surface area contributed by atoms with E-state index >= 15 is 0 Å². The van der Waals surface area contributed by atoms with Gasteiger partial charge in [-0.1, -0.05) is 99.3 Å². The van der Waals surface area contributed by atoms with Gasteiger partial charge < -0.3 is 44.6 Å².